The smallest absolute Gasteiger partial charge is 0.255 e. The van der Waals surface area contributed by atoms with Crippen LogP contribution in [0.25, 0.3) is 10.8 Å². The van der Waals surface area contributed by atoms with Crippen LogP contribution in [0.5, 0.6) is 0 Å². The third kappa shape index (κ3) is 4.79. The second kappa shape index (κ2) is 6.78. The van der Waals surface area contributed by atoms with Gasteiger partial charge in [-0.05, 0) is 23.3 Å². The van der Waals surface area contributed by atoms with Gasteiger partial charge in [0.1, 0.15) is 6.04 Å². The highest BCUT2D eigenvalue weighted by molar-refractivity contribution is 7.89. The molecule has 0 radical (unpaired) electrons. The van der Waals surface area contributed by atoms with Crippen molar-refractivity contribution in [2.24, 2.45) is 0 Å². The van der Waals surface area contributed by atoms with Gasteiger partial charge in [-0.3, -0.25) is 14.3 Å². The molecule has 0 spiro atoms. The Kier molecular flexibility index (Phi) is 5.00. The van der Waals surface area contributed by atoms with Crippen LogP contribution < -0.4 is 10.0 Å². The quantitative estimate of drug-likeness (QED) is 0.852. The largest absolute Gasteiger partial charge is 0.344 e. The van der Waals surface area contributed by atoms with Gasteiger partial charge in [0.25, 0.3) is 5.91 Å². The van der Waals surface area contributed by atoms with Gasteiger partial charge in [0.15, 0.2) is 0 Å². The topological polar surface area (TPSA) is 92.3 Å². The minimum Gasteiger partial charge on any atom is -0.344 e. The molecule has 6 nitrogen and oxygen atoms in total. The van der Waals surface area contributed by atoms with Crippen molar-refractivity contribution in [1.82, 2.24) is 10.0 Å². The zero-order valence-corrected chi connectivity index (χ0v) is 13.7. The van der Waals surface area contributed by atoms with E-state index in [0.29, 0.717) is 0 Å². The Morgan fingerprint density at radius 1 is 1.09 bits per heavy atom. The molecule has 0 heterocycles. The summed E-state index contributed by atoms with van der Waals surface area (Å²) >= 11 is 0. The van der Waals surface area contributed by atoms with Crippen molar-refractivity contribution in [3.8, 4) is 0 Å². The van der Waals surface area contributed by atoms with E-state index in [1.807, 2.05) is 47.2 Å². The molecule has 0 aromatic heterocycles. The van der Waals surface area contributed by atoms with Crippen molar-refractivity contribution in [2.75, 3.05) is 6.26 Å². The van der Waals surface area contributed by atoms with E-state index in [9.17, 15) is 18.0 Å². The number of carbonyl (C=O) groups excluding carboxylic acids is 2. The molecule has 0 saturated heterocycles. The molecule has 1 atom stereocenters. The maximum absolute atomic E-state index is 12.1. The lowest BCUT2D eigenvalue weighted by atomic mass is 10.0. The molecule has 0 bridgehead atoms. The Morgan fingerprint density at radius 2 is 1.74 bits per heavy atom. The van der Waals surface area contributed by atoms with E-state index in [1.54, 1.807) is 0 Å². The van der Waals surface area contributed by atoms with Gasteiger partial charge in [-0.15, -0.1) is 0 Å². The third-order valence-electron chi connectivity index (χ3n) is 3.29. The van der Waals surface area contributed by atoms with Gasteiger partial charge >= 0.3 is 0 Å². The number of nitrogens with one attached hydrogen (secondary N) is 2. The Morgan fingerprint density at radius 3 is 2.43 bits per heavy atom. The maximum atomic E-state index is 12.1. The minimum absolute atomic E-state index is 0.109. The molecule has 0 fully saturated rings. The molecular formula is C16H18N2O4S. The highest BCUT2D eigenvalue weighted by Gasteiger charge is 2.19. The van der Waals surface area contributed by atoms with Crippen LogP contribution in [0.15, 0.2) is 42.5 Å². The molecule has 23 heavy (non-hydrogen) atoms. The number of benzene rings is 2. The fourth-order valence-corrected chi connectivity index (χ4v) is 2.79. The molecule has 2 amide bonds. The monoisotopic (exact) mass is 334 g/mol. The Balaban J connectivity index is 2.05. The number of hydrogen-bond donors (Lipinski definition) is 2. The first kappa shape index (κ1) is 17.0. The molecule has 0 saturated carbocycles. The lowest BCUT2D eigenvalue weighted by Crippen LogP contribution is -2.46. The Bertz CT molecular complexity index is 841. The number of amides is 2. The van der Waals surface area contributed by atoms with Crippen molar-refractivity contribution < 1.29 is 18.0 Å². The van der Waals surface area contributed by atoms with E-state index in [4.69, 9.17) is 0 Å². The van der Waals surface area contributed by atoms with Crippen LogP contribution in [0.3, 0.4) is 0 Å². The van der Waals surface area contributed by atoms with Gasteiger partial charge in [0.2, 0.25) is 15.9 Å². The first-order chi connectivity index (χ1) is 10.8. The summed E-state index contributed by atoms with van der Waals surface area (Å²) in [6.07, 6.45) is 0.993. The van der Waals surface area contributed by atoms with Crippen molar-refractivity contribution >= 4 is 32.6 Å². The summed E-state index contributed by atoms with van der Waals surface area (Å²) in [4.78, 5) is 23.8. The van der Waals surface area contributed by atoms with Gasteiger partial charge in [0.05, 0.1) is 12.7 Å². The lowest BCUT2D eigenvalue weighted by molar-refractivity contribution is -0.127. The third-order valence-corrected chi connectivity index (χ3v) is 3.86. The van der Waals surface area contributed by atoms with Gasteiger partial charge in [-0.2, -0.15) is 0 Å². The lowest BCUT2D eigenvalue weighted by Gasteiger charge is -2.14. The second-order valence-electron chi connectivity index (χ2n) is 5.34. The van der Waals surface area contributed by atoms with Crippen molar-refractivity contribution in [3.63, 3.8) is 0 Å². The first-order valence-electron chi connectivity index (χ1n) is 7.04. The zero-order valence-electron chi connectivity index (χ0n) is 12.9. The van der Waals surface area contributed by atoms with E-state index in [1.165, 1.54) is 6.92 Å². The summed E-state index contributed by atoms with van der Waals surface area (Å²) in [7, 11) is -3.64. The van der Waals surface area contributed by atoms with E-state index >= 15 is 0 Å². The van der Waals surface area contributed by atoms with E-state index in [2.05, 4.69) is 5.32 Å². The van der Waals surface area contributed by atoms with E-state index < -0.39 is 22.0 Å². The van der Waals surface area contributed by atoms with Crippen LogP contribution in [0.2, 0.25) is 0 Å². The molecule has 2 aromatic carbocycles. The van der Waals surface area contributed by atoms with Gasteiger partial charge < -0.3 is 5.32 Å². The molecule has 7 heteroatoms. The molecule has 0 aliphatic heterocycles. The van der Waals surface area contributed by atoms with Crippen molar-refractivity contribution in [1.29, 1.82) is 0 Å². The van der Waals surface area contributed by atoms with Crippen LogP contribution in [-0.4, -0.2) is 32.5 Å². The van der Waals surface area contributed by atoms with Crippen molar-refractivity contribution in [2.45, 2.75) is 19.4 Å². The number of carbonyl (C=O) groups is 2. The summed E-state index contributed by atoms with van der Waals surface area (Å²) in [5.74, 6) is -1.11. The summed E-state index contributed by atoms with van der Waals surface area (Å²) in [6, 6.07) is 12.4. The first-order valence-corrected chi connectivity index (χ1v) is 8.93. The van der Waals surface area contributed by atoms with Gasteiger partial charge in [-0.25, -0.2) is 8.42 Å². The normalized spacial score (nSPS) is 12.6. The van der Waals surface area contributed by atoms with E-state index in [0.717, 1.165) is 22.6 Å². The average Bonchev–Trinajstić information content (AvgIpc) is 2.45. The maximum Gasteiger partial charge on any atom is 0.255 e. The molecular weight excluding hydrogens is 316 g/mol. The number of sulfonamides is 1. The van der Waals surface area contributed by atoms with Crippen LogP contribution >= 0.6 is 0 Å². The minimum atomic E-state index is -3.64. The molecule has 122 valence electrons. The fraction of sp³-hybridized carbons (Fsp3) is 0.250. The van der Waals surface area contributed by atoms with Crippen molar-refractivity contribution in [3.05, 3.63) is 48.0 Å². The van der Waals surface area contributed by atoms with Gasteiger partial charge in [0, 0.05) is 0 Å². The highest BCUT2D eigenvalue weighted by atomic mass is 32.2. The van der Waals surface area contributed by atoms with Crippen LogP contribution in [0, 0.1) is 0 Å². The summed E-state index contributed by atoms with van der Waals surface area (Å²) < 4.78 is 23.9. The SMILES string of the molecule is CC(NC(=O)Cc1cccc2ccccc12)C(=O)NS(C)(=O)=O. The number of fused-ring (bicyclic) bond motifs is 1. The molecule has 2 aromatic rings. The Hall–Kier alpha value is -2.41. The summed E-state index contributed by atoms with van der Waals surface area (Å²) in [5, 5.41) is 4.50. The highest BCUT2D eigenvalue weighted by Crippen LogP contribution is 2.18. The average molecular weight is 334 g/mol. The predicted octanol–water partition coefficient (Wildman–Crippen LogP) is 0.963. The molecule has 0 aliphatic rings. The van der Waals surface area contributed by atoms with Crippen LogP contribution in [0.1, 0.15) is 12.5 Å². The summed E-state index contributed by atoms with van der Waals surface area (Å²) in [6.45, 7) is 1.43. The molecule has 0 aliphatic carbocycles. The fourth-order valence-electron chi connectivity index (χ4n) is 2.25. The molecule has 2 N–H and O–H groups in total. The predicted molar refractivity (Wildman–Crippen MR) is 88.2 cm³/mol. The number of hydrogen-bond acceptors (Lipinski definition) is 4. The Labute approximate surface area is 134 Å². The van der Waals surface area contributed by atoms with E-state index in [-0.39, 0.29) is 12.3 Å². The summed E-state index contributed by atoms with van der Waals surface area (Å²) in [5.41, 5.74) is 0.844. The van der Waals surface area contributed by atoms with Crippen LogP contribution in [0.4, 0.5) is 0 Å². The standard InChI is InChI=1S/C16H18N2O4S/c1-11(16(20)18-23(2,21)22)17-15(19)10-13-8-5-7-12-6-3-4-9-14(12)13/h3-9,11H,10H2,1-2H3,(H,17,19)(H,18,20). The molecule has 1 unspecified atom stereocenters. The van der Waals surface area contributed by atoms with Crippen LogP contribution in [-0.2, 0) is 26.0 Å². The molecule has 2 rings (SSSR count). The zero-order chi connectivity index (χ0) is 17.0. The second-order valence-corrected chi connectivity index (χ2v) is 7.09. The van der Waals surface area contributed by atoms with Gasteiger partial charge in [-0.1, -0.05) is 42.5 Å². The number of rotatable bonds is 5.